The molecule has 3 aliphatic rings. The highest BCUT2D eigenvalue weighted by molar-refractivity contribution is 5.98. The van der Waals surface area contributed by atoms with E-state index in [1.54, 1.807) is 4.68 Å². The number of amides is 3. The molecule has 0 radical (unpaired) electrons. The molecule has 6 rings (SSSR count). The number of nitrogens with one attached hydrogen (secondary N) is 2. The van der Waals surface area contributed by atoms with Crippen molar-refractivity contribution in [3.63, 3.8) is 0 Å². The molecule has 3 N–H and O–H groups in total. The molecule has 4 heterocycles. The normalized spacial score (nSPS) is 27.6. The van der Waals surface area contributed by atoms with E-state index >= 15 is 0 Å². The number of benzene rings is 2. The Hall–Kier alpha value is -3.83. The Morgan fingerprint density at radius 3 is 2.68 bits per heavy atom. The van der Waals surface area contributed by atoms with Crippen molar-refractivity contribution in [2.75, 3.05) is 13.2 Å². The van der Waals surface area contributed by atoms with Gasteiger partial charge in [-0.1, -0.05) is 47.7 Å². The minimum absolute atomic E-state index is 0.0725. The minimum Gasteiger partial charge on any atom is -0.396 e. The first-order valence-corrected chi connectivity index (χ1v) is 13.0. The Labute approximate surface area is 219 Å². The van der Waals surface area contributed by atoms with Crippen molar-refractivity contribution in [3.05, 3.63) is 60.2 Å². The molecule has 3 aromatic rings. The van der Waals surface area contributed by atoms with Crippen LogP contribution in [-0.4, -0.2) is 73.6 Å². The maximum atomic E-state index is 13.8. The van der Waals surface area contributed by atoms with Crippen LogP contribution in [0.5, 0.6) is 0 Å². The summed E-state index contributed by atoms with van der Waals surface area (Å²) in [5, 5.41) is 23.6. The molecular weight excluding hydrogens is 488 g/mol. The summed E-state index contributed by atoms with van der Waals surface area (Å²) < 4.78 is 8.00. The van der Waals surface area contributed by atoms with E-state index in [0.29, 0.717) is 31.3 Å². The third-order valence-corrected chi connectivity index (χ3v) is 8.04. The molecule has 3 fully saturated rings. The van der Waals surface area contributed by atoms with Crippen LogP contribution in [0.2, 0.25) is 0 Å². The number of fused-ring (bicyclic) bond motifs is 2. The highest BCUT2D eigenvalue weighted by Crippen LogP contribution is 2.58. The Morgan fingerprint density at radius 1 is 1.08 bits per heavy atom. The van der Waals surface area contributed by atoms with Crippen molar-refractivity contribution >= 4 is 28.8 Å². The van der Waals surface area contributed by atoms with Crippen molar-refractivity contribution < 1.29 is 24.2 Å². The maximum Gasteiger partial charge on any atom is 0.247 e. The number of hydrogen-bond donors (Lipinski definition) is 3. The quantitative estimate of drug-likeness (QED) is 0.377. The zero-order chi connectivity index (χ0) is 26.3. The van der Waals surface area contributed by atoms with Crippen molar-refractivity contribution in [1.82, 2.24) is 30.5 Å². The summed E-state index contributed by atoms with van der Waals surface area (Å²) in [7, 11) is 0. The predicted molar refractivity (Wildman–Crippen MR) is 135 cm³/mol. The van der Waals surface area contributed by atoms with Crippen molar-refractivity contribution in [2.24, 2.45) is 11.8 Å². The second-order valence-electron chi connectivity index (χ2n) is 10.1. The van der Waals surface area contributed by atoms with E-state index in [2.05, 4.69) is 20.9 Å². The molecule has 0 saturated carbocycles. The Kier molecular flexibility index (Phi) is 6.32. The standard InChI is InChI=1S/C27H30N6O5/c34-14-6-13-32-23(25(36)29-16-33-19-10-5-4-9-18(19)30-31-33)27-12-11-20(38-27)21(22(27)26(32)37)24(35)28-15-17-7-2-1-3-8-17/h1-5,7-10,20-23,34H,6,11-16H2,(H,28,35)(H,29,36)/t20-,21+,22-,23?,27?/m0/s1. The van der Waals surface area contributed by atoms with Crippen molar-refractivity contribution in [1.29, 1.82) is 0 Å². The summed E-state index contributed by atoms with van der Waals surface area (Å²) >= 11 is 0. The summed E-state index contributed by atoms with van der Waals surface area (Å²) in [6, 6.07) is 16.1. The lowest BCUT2D eigenvalue weighted by Gasteiger charge is -2.33. The first-order chi connectivity index (χ1) is 18.5. The van der Waals surface area contributed by atoms with E-state index in [1.165, 1.54) is 4.90 Å². The van der Waals surface area contributed by atoms with Crippen LogP contribution in [0.3, 0.4) is 0 Å². The largest absolute Gasteiger partial charge is 0.396 e. The molecule has 5 atom stereocenters. The number of carbonyl (C=O) groups excluding carboxylic acids is 3. The third kappa shape index (κ3) is 3.93. The second-order valence-corrected chi connectivity index (χ2v) is 10.1. The summed E-state index contributed by atoms with van der Waals surface area (Å²) in [6.07, 6.45) is 1.00. The lowest BCUT2D eigenvalue weighted by Crippen LogP contribution is -2.55. The van der Waals surface area contributed by atoms with Gasteiger partial charge in [0.25, 0.3) is 0 Å². The number of para-hydroxylation sites is 1. The van der Waals surface area contributed by atoms with E-state index in [4.69, 9.17) is 4.74 Å². The SMILES string of the molecule is O=C(NCn1nnc2ccccc21)C1N(CCCO)C(=O)[C@@H]2[C@H](C(=O)NCc3ccccc3)[C@@H]3CCC12O3. The average molecular weight is 519 g/mol. The molecule has 11 heteroatoms. The first-order valence-electron chi connectivity index (χ1n) is 13.0. The Bertz CT molecular complexity index is 1360. The van der Waals surface area contributed by atoms with E-state index in [1.807, 2.05) is 54.6 Å². The molecule has 2 unspecified atom stereocenters. The highest BCUT2D eigenvalue weighted by Gasteiger charge is 2.74. The van der Waals surface area contributed by atoms with Crippen LogP contribution in [0.15, 0.2) is 54.6 Å². The summed E-state index contributed by atoms with van der Waals surface area (Å²) in [5.74, 6) is -2.31. The fraction of sp³-hybridized carbons (Fsp3) is 0.444. The van der Waals surface area contributed by atoms with Gasteiger partial charge in [0.2, 0.25) is 17.7 Å². The molecule has 3 amide bonds. The molecule has 1 spiro atoms. The molecule has 198 valence electrons. The molecule has 3 aliphatic heterocycles. The number of nitrogens with zero attached hydrogens (tertiary/aromatic N) is 4. The fourth-order valence-corrected chi connectivity index (χ4v) is 6.42. The van der Waals surface area contributed by atoms with E-state index in [0.717, 1.165) is 11.1 Å². The van der Waals surface area contributed by atoms with Gasteiger partial charge < -0.3 is 25.4 Å². The van der Waals surface area contributed by atoms with E-state index in [-0.39, 0.29) is 37.5 Å². The molecule has 3 saturated heterocycles. The monoisotopic (exact) mass is 518 g/mol. The van der Waals surface area contributed by atoms with E-state index in [9.17, 15) is 19.5 Å². The number of aliphatic hydroxyl groups is 1. The van der Waals surface area contributed by atoms with Crippen LogP contribution in [0.25, 0.3) is 11.0 Å². The van der Waals surface area contributed by atoms with Gasteiger partial charge in [-0.25, -0.2) is 4.68 Å². The summed E-state index contributed by atoms with van der Waals surface area (Å²) in [5.41, 5.74) is 1.36. The molecule has 2 aromatic carbocycles. The van der Waals surface area contributed by atoms with Crippen LogP contribution < -0.4 is 10.6 Å². The van der Waals surface area contributed by atoms with Crippen LogP contribution in [0, 0.1) is 11.8 Å². The van der Waals surface area contributed by atoms with Gasteiger partial charge in [-0.3, -0.25) is 14.4 Å². The minimum atomic E-state index is -1.08. The van der Waals surface area contributed by atoms with Crippen molar-refractivity contribution in [2.45, 2.75) is 50.2 Å². The molecule has 11 nitrogen and oxygen atoms in total. The predicted octanol–water partition coefficient (Wildman–Crippen LogP) is 0.578. The summed E-state index contributed by atoms with van der Waals surface area (Å²) in [6.45, 7) is 0.499. The molecule has 38 heavy (non-hydrogen) atoms. The third-order valence-electron chi connectivity index (χ3n) is 8.04. The Morgan fingerprint density at radius 2 is 1.87 bits per heavy atom. The number of aromatic nitrogens is 3. The van der Waals surface area contributed by atoms with Gasteiger partial charge in [0.05, 0.1) is 23.5 Å². The smallest absolute Gasteiger partial charge is 0.247 e. The fourth-order valence-electron chi connectivity index (χ4n) is 6.42. The number of likely N-dealkylation sites (tertiary alicyclic amines) is 1. The number of ether oxygens (including phenoxy) is 1. The zero-order valence-electron chi connectivity index (χ0n) is 20.8. The van der Waals surface area contributed by atoms with Gasteiger partial charge in [0, 0.05) is 19.7 Å². The van der Waals surface area contributed by atoms with Crippen LogP contribution in [0.4, 0.5) is 0 Å². The second kappa shape index (κ2) is 9.80. The first kappa shape index (κ1) is 24.5. The lowest BCUT2D eigenvalue weighted by molar-refractivity contribution is -0.142. The maximum absolute atomic E-state index is 13.8. The van der Waals surface area contributed by atoms with Gasteiger partial charge >= 0.3 is 0 Å². The topological polar surface area (TPSA) is 139 Å². The number of hydrogen-bond acceptors (Lipinski definition) is 7. The molecular formula is C27H30N6O5. The van der Waals surface area contributed by atoms with Gasteiger partial charge in [0.15, 0.2) is 0 Å². The van der Waals surface area contributed by atoms with Crippen LogP contribution >= 0.6 is 0 Å². The summed E-state index contributed by atoms with van der Waals surface area (Å²) in [4.78, 5) is 42.3. The van der Waals surface area contributed by atoms with Gasteiger partial charge in [0.1, 0.15) is 23.8 Å². The lowest BCUT2D eigenvalue weighted by atomic mass is 9.70. The zero-order valence-corrected chi connectivity index (χ0v) is 20.8. The average Bonchev–Trinajstić information content (AvgIpc) is 3.69. The Balaban J connectivity index is 1.23. The number of carbonyl (C=O) groups is 3. The van der Waals surface area contributed by atoms with E-state index < -0.39 is 29.6 Å². The molecule has 0 aliphatic carbocycles. The molecule has 1 aromatic heterocycles. The highest BCUT2D eigenvalue weighted by atomic mass is 16.5. The van der Waals surface area contributed by atoms with Crippen LogP contribution in [0.1, 0.15) is 24.8 Å². The number of aliphatic hydroxyl groups excluding tert-OH is 1. The molecule has 2 bridgehead atoms. The van der Waals surface area contributed by atoms with Gasteiger partial charge in [-0.05, 0) is 37.0 Å². The van der Waals surface area contributed by atoms with Gasteiger partial charge in [-0.2, -0.15) is 0 Å². The van der Waals surface area contributed by atoms with Gasteiger partial charge in [-0.15, -0.1) is 5.10 Å². The van der Waals surface area contributed by atoms with Crippen molar-refractivity contribution in [3.8, 4) is 0 Å². The van der Waals surface area contributed by atoms with Crippen LogP contribution in [-0.2, 0) is 32.3 Å². The number of rotatable bonds is 9.